The summed E-state index contributed by atoms with van der Waals surface area (Å²) in [5.41, 5.74) is 0.338. The molecule has 0 aliphatic carbocycles. The van der Waals surface area contributed by atoms with Crippen molar-refractivity contribution in [3.05, 3.63) is 12.2 Å². The predicted octanol–water partition coefficient (Wildman–Crippen LogP) is 3.02. The lowest BCUT2D eigenvalue weighted by molar-refractivity contribution is -0.148. The maximum absolute atomic E-state index is 11.3. The van der Waals surface area contributed by atoms with Crippen LogP contribution in [0.5, 0.6) is 0 Å². The van der Waals surface area contributed by atoms with E-state index in [0.29, 0.717) is 5.57 Å². The molecule has 0 aromatic rings. The van der Waals surface area contributed by atoms with Crippen LogP contribution in [0.3, 0.4) is 0 Å². The van der Waals surface area contributed by atoms with Crippen molar-refractivity contribution in [3.63, 3.8) is 0 Å². The number of unbranched alkanes of at least 4 members (excludes halogenated alkanes) is 2. The molecule has 0 saturated carbocycles. The van der Waals surface area contributed by atoms with Crippen molar-refractivity contribution in [2.24, 2.45) is 11.8 Å². The Kier molecular flexibility index (Phi) is 8.08. The third-order valence-corrected chi connectivity index (χ3v) is 3.05. The predicted molar refractivity (Wildman–Crippen MR) is 70.2 cm³/mol. The maximum Gasteiger partial charge on any atom is 0.333 e. The minimum atomic E-state index is -0.845. The van der Waals surface area contributed by atoms with Gasteiger partial charge in [0.15, 0.2) is 0 Å². The second-order valence-electron chi connectivity index (χ2n) is 4.76. The minimum absolute atomic E-state index is 0.127. The third-order valence-electron chi connectivity index (χ3n) is 3.05. The average Bonchev–Trinajstić information content (AvgIpc) is 2.31. The van der Waals surface area contributed by atoms with Gasteiger partial charge in [0.05, 0.1) is 12.5 Å². The number of carbonyl (C=O) groups is 2. The maximum atomic E-state index is 11.3. The van der Waals surface area contributed by atoms with E-state index in [0.717, 1.165) is 25.7 Å². The average molecular weight is 256 g/mol. The standard InChI is InChI=1S/C14H24O4/c1-5-6-7-8-12(11(4)13(15)16)9-18-14(17)10(2)3/h11-12H,2,5-9H2,1,3-4H3,(H,15,16). The zero-order valence-corrected chi connectivity index (χ0v) is 11.6. The van der Waals surface area contributed by atoms with Gasteiger partial charge in [-0.2, -0.15) is 0 Å². The van der Waals surface area contributed by atoms with Crippen molar-refractivity contribution < 1.29 is 19.4 Å². The van der Waals surface area contributed by atoms with Gasteiger partial charge >= 0.3 is 11.9 Å². The largest absolute Gasteiger partial charge is 0.481 e. The summed E-state index contributed by atoms with van der Waals surface area (Å²) in [6.45, 7) is 8.99. The SMILES string of the molecule is C=C(C)C(=O)OCC(CCCCC)C(C)C(=O)O. The van der Waals surface area contributed by atoms with Crippen LogP contribution < -0.4 is 0 Å². The van der Waals surface area contributed by atoms with Gasteiger partial charge in [-0.25, -0.2) is 4.79 Å². The minimum Gasteiger partial charge on any atom is -0.481 e. The molecule has 18 heavy (non-hydrogen) atoms. The number of carboxylic acids is 1. The van der Waals surface area contributed by atoms with Gasteiger partial charge in [-0.05, 0) is 13.3 Å². The Hall–Kier alpha value is -1.32. The third kappa shape index (κ3) is 6.42. The highest BCUT2D eigenvalue weighted by molar-refractivity contribution is 5.86. The van der Waals surface area contributed by atoms with E-state index in [9.17, 15) is 9.59 Å². The highest BCUT2D eigenvalue weighted by Crippen LogP contribution is 2.20. The number of esters is 1. The van der Waals surface area contributed by atoms with Crippen molar-refractivity contribution in [2.75, 3.05) is 6.61 Å². The normalized spacial score (nSPS) is 13.7. The first-order valence-electron chi connectivity index (χ1n) is 6.45. The number of carboxylic acid groups (broad SMARTS) is 1. The second kappa shape index (κ2) is 8.72. The van der Waals surface area contributed by atoms with Crippen LogP contribution in [0.15, 0.2) is 12.2 Å². The zero-order chi connectivity index (χ0) is 14.1. The molecule has 4 nitrogen and oxygen atoms in total. The van der Waals surface area contributed by atoms with Gasteiger partial charge in [-0.3, -0.25) is 4.79 Å². The van der Waals surface area contributed by atoms with Crippen LogP contribution >= 0.6 is 0 Å². The fourth-order valence-electron chi connectivity index (χ4n) is 1.64. The molecule has 2 atom stereocenters. The first kappa shape index (κ1) is 16.7. The van der Waals surface area contributed by atoms with Crippen LogP contribution in [0.4, 0.5) is 0 Å². The fraction of sp³-hybridized carbons (Fsp3) is 0.714. The molecule has 0 aliphatic heterocycles. The van der Waals surface area contributed by atoms with Crippen LogP contribution in [-0.4, -0.2) is 23.7 Å². The van der Waals surface area contributed by atoms with E-state index < -0.39 is 17.9 Å². The summed E-state index contributed by atoms with van der Waals surface area (Å²) in [6, 6.07) is 0. The van der Waals surface area contributed by atoms with E-state index in [-0.39, 0.29) is 12.5 Å². The first-order valence-corrected chi connectivity index (χ1v) is 6.45. The lowest BCUT2D eigenvalue weighted by Crippen LogP contribution is -2.26. The van der Waals surface area contributed by atoms with E-state index in [2.05, 4.69) is 13.5 Å². The molecule has 0 amide bonds. The summed E-state index contributed by atoms with van der Waals surface area (Å²) >= 11 is 0. The molecule has 0 saturated heterocycles. The molecule has 0 heterocycles. The molecule has 0 radical (unpaired) electrons. The highest BCUT2D eigenvalue weighted by atomic mass is 16.5. The van der Waals surface area contributed by atoms with Crippen LogP contribution in [0.25, 0.3) is 0 Å². The lowest BCUT2D eigenvalue weighted by atomic mass is 9.89. The van der Waals surface area contributed by atoms with Crippen molar-refractivity contribution in [2.45, 2.75) is 46.5 Å². The molecular weight excluding hydrogens is 232 g/mol. The quantitative estimate of drug-likeness (QED) is 0.391. The smallest absolute Gasteiger partial charge is 0.333 e. The molecule has 2 unspecified atom stereocenters. The summed E-state index contributed by atoms with van der Waals surface area (Å²) in [7, 11) is 0. The van der Waals surface area contributed by atoms with E-state index in [4.69, 9.17) is 9.84 Å². The van der Waals surface area contributed by atoms with Crippen LogP contribution in [-0.2, 0) is 14.3 Å². The fourth-order valence-corrected chi connectivity index (χ4v) is 1.64. The van der Waals surface area contributed by atoms with Crippen molar-refractivity contribution in [1.29, 1.82) is 0 Å². The lowest BCUT2D eigenvalue weighted by Gasteiger charge is -2.20. The number of aliphatic carboxylic acids is 1. The molecular formula is C14H24O4. The van der Waals surface area contributed by atoms with Crippen LogP contribution in [0, 0.1) is 11.8 Å². The molecule has 0 rings (SSSR count). The molecule has 1 N–H and O–H groups in total. The Morgan fingerprint density at radius 2 is 1.94 bits per heavy atom. The monoisotopic (exact) mass is 256 g/mol. The van der Waals surface area contributed by atoms with Gasteiger partial charge in [0.2, 0.25) is 0 Å². The molecule has 0 spiro atoms. The van der Waals surface area contributed by atoms with Gasteiger partial charge in [-0.1, -0.05) is 39.7 Å². The number of hydrogen-bond donors (Lipinski definition) is 1. The number of carbonyl (C=O) groups excluding carboxylic acids is 1. The molecule has 0 aromatic heterocycles. The number of ether oxygens (including phenoxy) is 1. The Morgan fingerprint density at radius 1 is 1.33 bits per heavy atom. The Morgan fingerprint density at radius 3 is 2.39 bits per heavy atom. The van der Waals surface area contributed by atoms with Crippen molar-refractivity contribution in [3.8, 4) is 0 Å². The van der Waals surface area contributed by atoms with Gasteiger partial charge in [0.1, 0.15) is 0 Å². The van der Waals surface area contributed by atoms with Crippen LogP contribution in [0.2, 0.25) is 0 Å². The Labute approximate surface area is 109 Å². The number of rotatable bonds is 9. The summed E-state index contributed by atoms with van der Waals surface area (Å²) in [4.78, 5) is 22.3. The van der Waals surface area contributed by atoms with Gasteiger partial charge in [0, 0.05) is 11.5 Å². The summed E-state index contributed by atoms with van der Waals surface area (Å²) in [6.07, 6.45) is 3.88. The molecule has 0 aliphatic rings. The van der Waals surface area contributed by atoms with Crippen molar-refractivity contribution >= 4 is 11.9 Å². The van der Waals surface area contributed by atoms with Gasteiger partial charge in [-0.15, -0.1) is 0 Å². The zero-order valence-electron chi connectivity index (χ0n) is 11.6. The topological polar surface area (TPSA) is 63.6 Å². The van der Waals surface area contributed by atoms with E-state index >= 15 is 0 Å². The molecule has 104 valence electrons. The number of hydrogen-bond acceptors (Lipinski definition) is 3. The molecule has 0 aromatic carbocycles. The highest BCUT2D eigenvalue weighted by Gasteiger charge is 2.24. The Balaban J connectivity index is 4.33. The van der Waals surface area contributed by atoms with Crippen LogP contribution in [0.1, 0.15) is 46.5 Å². The van der Waals surface area contributed by atoms with E-state index in [1.165, 1.54) is 0 Å². The summed E-state index contributed by atoms with van der Waals surface area (Å²) in [5, 5.41) is 9.03. The van der Waals surface area contributed by atoms with E-state index in [1.54, 1.807) is 13.8 Å². The van der Waals surface area contributed by atoms with Crippen molar-refractivity contribution in [1.82, 2.24) is 0 Å². The summed E-state index contributed by atoms with van der Waals surface area (Å²) in [5.74, 6) is -1.92. The molecule has 0 fully saturated rings. The Bertz CT molecular complexity index is 296. The first-order chi connectivity index (χ1) is 8.40. The van der Waals surface area contributed by atoms with Gasteiger partial charge < -0.3 is 9.84 Å². The summed E-state index contributed by atoms with van der Waals surface area (Å²) < 4.78 is 5.07. The second-order valence-corrected chi connectivity index (χ2v) is 4.76. The molecule has 0 bridgehead atoms. The molecule has 4 heteroatoms. The van der Waals surface area contributed by atoms with E-state index in [1.807, 2.05) is 0 Å². The van der Waals surface area contributed by atoms with Gasteiger partial charge in [0.25, 0.3) is 0 Å².